The number of nitrogens with zero attached hydrogens (tertiary/aromatic N) is 2. The third kappa shape index (κ3) is 5.83. The molecular weight excluding hydrogens is 316 g/mol. The summed E-state index contributed by atoms with van der Waals surface area (Å²) in [7, 11) is 1.60. The quantitative estimate of drug-likeness (QED) is 0.840. The van der Waals surface area contributed by atoms with Crippen molar-refractivity contribution in [2.45, 2.75) is 32.2 Å². The van der Waals surface area contributed by atoms with E-state index in [2.05, 4.69) is 4.98 Å². The van der Waals surface area contributed by atoms with Crippen molar-refractivity contribution < 1.29 is 18.3 Å². The molecule has 0 bridgehead atoms. The number of pyridine rings is 1. The molecule has 114 valence electrons. The van der Waals surface area contributed by atoms with Crippen LogP contribution < -0.4 is 0 Å². The van der Waals surface area contributed by atoms with Gasteiger partial charge >= 0.3 is 6.18 Å². The van der Waals surface area contributed by atoms with Gasteiger partial charge in [-0.1, -0.05) is 23.2 Å². The summed E-state index contributed by atoms with van der Waals surface area (Å²) in [6.45, 7) is 1.95. The number of alkyl halides is 3. The SMILES string of the molecule is Cc1cc(Cl)nc(Cl)c1CN(C)C[C@@H](O)CC(F)(F)F. The van der Waals surface area contributed by atoms with Gasteiger partial charge in [-0.05, 0) is 25.6 Å². The summed E-state index contributed by atoms with van der Waals surface area (Å²) in [5.41, 5.74) is 1.48. The Morgan fingerprint density at radius 1 is 1.40 bits per heavy atom. The summed E-state index contributed by atoms with van der Waals surface area (Å²) in [5.74, 6) is 0. The number of aromatic nitrogens is 1. The maximum Gasteiger partial charge on any atom is 0.391 e. The Bertz CT molecular complexity index is 446. The Kier molecular flexibility index (Phi) is 6.06. The van der Waals surface area contributed by atoms with E-state index in [1.54, 1.807) is 24.9 Å². The zero-order chi connectivity index (χ0) is 15.5. The highest BCUT2D eigenvalue weighted by molar-refractivity contribution is 6.33. The Balaban J connectivity index is 2.65. The van der Waals surface area contributed by atoms with E-state index >= 15 is 0 Å². The highest BCUT2D eigenvalue weighted by Gasteiger charge is 2.31. The Morgan fingerprint density at radius 3 is 2.50 bits per heavy atom. The monoisotopic (exact) mass is 330 g/mol. The van der Waals surface area contributed by atoms with Gasteiger partial charge in [0.2, 0.25) is 0 Å². The van der Waals surface area contributed by atoms with Gasteiger partial charge in [0.05, 0.1) is 12.5 Å². The van der Waals surface area contributed by atoms with Crippen LogP contribution in [0.3, 0.4) is 0 Å². The molecule has 0 aliphatic carbocycles. The van der Waals surface area contributed by atoms with Crippen LogP contribution in [0, 0.1) is 6.92 Å². The molecule has 1 aromatic heterocycles. The Hall–Kier alpha value is -0.560. The van der Waals surface area contributed by atoms with Crippen LogP contribution in [0.1, 0.15) is 17.5 Å². The van der Waals surface area contributed by atoms with E-state index in [-0.39, 0.29) is 23.4 Å². The maximum absolute atomic E-state index is 12.1. The number of halogens is 5. The largest absolute Gasteiger partial charge is 0.391 e. The first-order valence-corrected chi connectivity index (χ1v) is 6.59. The molecule has 0 aliphatic rings. The molecule has 0 saturated heterocycles. The molecule has 0 radical (unpaired) electrons. The highest BCUT2D eigenvalue weighted by atomic mass is 35.5. The van der Waals surface area contributed by atoms with Gasteiger partial charge in [0.15, 0.2) is 0 Å². The summed E-state index contributed by atoms with van der Waals surface area (Å²) in [4.78, 5) is 5.44. The summed E-state index contributed by atoms with van der Waals surface area (Å²) in [6, 6.07) is 1.63. The van der Waals surface area contributed by atoms with Crippen molar-refractivity contribution in [2.75, 3.05) is 13.6 Å². The summed E-state index contributed by atoms with van der Waals surface area (Å²) in [6.07, 6.45) is -7.09. The van der Waals surface area contributed by atoms with E-state index in [1.165, 1.54) is 0 Å². The van der Waals surface area contributed by atoms with E-state index in [0.717, 1.165) is 5.56 Å². The smallest absolute Gasteiger partial charge is 0.391 e. The fraction of sp³-hybridized carbons (Fsp3) is 0.583. The lowest BCUT2D eigenvalue weighted by Gasteiger charge is -2.22. The van der Waals surface area contributed by atoms with E-state index < -0.39 is 18.7 Å². The minimum absolute atomic E-state index is 0.113. The van der Waals surface area contributed by atoms with Gasteiger partial charge in [0.1, 0.15) is 10.3 Å². The highest BCUT2D eigenvalue weighted by Crippen LogP contribution is 2.24. The Labute approximate surface area is 125 Å². The predicted octanol–water partition coefficient (Wildman–Crippen LogP) is 3.44. The second-order valence-corrected chi connectivity index (χ2v) is 5.45. The van der Waals surface area contributed by atoms with E-state index in [9.17, 15) is 18.3 Å². The zero-order valence-electron chi connectivity index (χ0n) is 11.0. The standard InChI is InChI=1S/C12H15Cl2F3N2O/c1-7-3-10(13)18-11(14)9(7)6-19(2)5-8(20)4-12(15,16)17/h3,8,20H,4-6H2,1-2H3/t8-/m0/s1. The van der Waals surface area contributed by atoms with Gasteiger partial charge < -0.3 is 5.11 Å². The van der Waals surface area contributed by atoms with Gasteiger partial charge in [-0.25, -0.2) is 4.98 Å². The molecule has 0 unspecified atom stereocenters. The molecule has 0 saturated carbocycles. The molecule has 0 fully saturated rings. The van der Waals surface area contributed by atoms with Crippen LogP contribution in [0.4, 0.5) is 13.2 Å². The van der Waals surface area contributed by atoms with Crippen molar-refractivity contribution in [3.8, 4) is 0 Å². The molecule has 0 aromatic carbocycles. The number of likely N-dealkylation sites (N-methyl/N-ethyl adjacent to an activating group) is 1. The van der Waals surface area contributed by atoms with Crippen LogP contribution in [0.5, 0.6) is 0 Å². The lowest BCUT2D eigenvalue weighted by Crippen LogP contribution is -2.32. The number of aliphatic hydroxyl groups excluding tert-OH is 1. The van der Waals surface area contributed by atoms with Gasteiger partial charge in [-0.15, -0.1) is 0 Å². The molecule has 20 heavy (non-hydrogen) atoms. The number of rotatable bonds is 5. The number of aryl methyl sites for hydroxylation is 1. The lowest BCUT2D eigenvalue weighted by molar-refractivity contribution is -0.155. The van der Waals surface area contributed by atoms with E-state index in [0.29, 0.717) is 5.56 Å². The summed E-state index contributed by atoms with van der Waals surface area (Å²) < 4.78 is 36.4. The van der Waals surface area contributed by atoms with E-state index in [4.69, 9.17) is 23.2 Å². The third-order valence-corrected chi connectivity index (χ3v) is 3.19. The average molecular weight is 331 g/mol. The average Bonchev–Trinajstić information content (AvgIpc) is 2.20. The Morgan fingerprint density at radius 2 is 2.00 bits per heavy atom. The van der Waals surface area contributed by atoms with Gasteiger partial charge in [0.25, 0.3) is 0 Å². The van der Waals surface area contributed by atoms with Crippen LogP contribution in [-0.4, -0.2) is 40.9 Å². The first-order chi connectivity index (χ1) is 9.08. The van der Waals surface area contributed by atoms with Crippen molar-refractivity contribution in [2.24, 2.45) is 0 Å². The molecule has 3 nitrogen and oxygen atoms in total. The second-order valence-electron chi connectivity index (χ2n) is 4.70. The van der Waals surface area contributed by atoms with Crippen molar-refractivity contribution in [1.29, 1.82) is 0 Å². The van der Waals surface area contributed by atoms with Gasteiger partial charge in [0, 0.05) is 18.7 Å². The van der Waals surface area contributed by atoms with Crippen LogP contribution in [-0.2, 0) is 6.54 Å². The molecule has 1 aromatic rings. The summed E-state index contributed by atoms with van der Waals surface area (Å²) in [5, 5.41) is 9.86. The van der Waals surface area contributed by atoms with E-state index in [1.807, 2.05) is 0 Å². The van der Waals surface area contributed by atoms with Crippen LogP contribution in [0.2, 0.25) is 10.3 Å². The molecule has 0 aliphatic heterocycles. The number of aliphatic hydroxyl groups is 1. The summed E-state index contributed by atoms with van der Waals surface area (Å²) >= 11 is 11.7. The normalized spacial score (nSPS) is 13.8. The zero-order valence-corrected chi connectivity index (χ0v) is 12.5. The molecule has 0 amide bonds. The third-order valence-electron chi connectivity index (χ3n) is 2.68. The van der Waals surface area contributed by atoms with Gasteiger partial charge in [-0.3, -0.25) is 4.90 Å². The van der Waals surface area contributed by atoms with Crippen LogP contribution in [0.25, 0.3) is 0 Å². The van der Waals surface area contributed by atoms with Crippen LogP contribution >= 0.6 is 23.2 Å². The molecule has 8 heteroatoms. The van der Waals surface area contributed by atoms with Crippen LogP contribution in [0.15, 0.2) is 6.07 Å². The fourth-order valence-corrected chi connectivity index (χ4v) is 2.43. The topological polar surface area (TPSA) is 36.4 Å². The number of hydrogen-bond donors (Lipinski definition) is 1. The molecule has 1 rings (SSSR count). The fourth-order valence-electron chi connectivity index (χ4n) is 1.84. The minimum Gasteiger partial charge on any atom is -0.391 e. The maximum atomic E-state index is 12.1. The van der Waals surface area contributed by atoms with Crippen molar-refractivity contribution in [3.63, 3.8) is 0 Å². The van der Waals surface area contributed by atoms with Crippen molar-refractivity contribution >= 4 is 23.2 Å². The molecule has 1 N–H and O–H groups in total. The first-order valence-electron chi connectivity index (χ1n) is 5.83. The molecule has 0 spiro atoms. The first kappa shape index (κ1) is 17.5. The lowest BCUT2D eigenvalue weighted by atomic mass is 10.1. The number of hydrogen-bond acceptors (Lipinski definition) is 3. The molecule has 1 atom stereocenters. The van der Waals surface area contributed by atoms with Gasteiger partial charge in [-0.2, -0.15) is 13.2 Å². The van der Waals surface area contributed by atoms with Crippen molar-refractivity contribution in [3.05, 3.63) is 27.5 Å². The molecular formula is C12H15Cl2F3N2O. The van der Waals surface area contributed by atoms with Crippen molar-refractivity contribution in [1.82, 2.24) is 9.88 Å². The predicted molar refractivity (Wildman–Crippen MR) is 72.0 cm³/mol. The molecule has 1 heterocycles. The minimum atomic E-state index is -4.38. The second kappa shape index (κ2) is 6.93.